The first-order valence-electron chi connectivity index (χ1n) is 11.6. The van der Waals surface area contributed by atoms with Crippen molar-refractivity contribution in [2.75, 3.05) is 50.0 Å². The standard InChI is InChI=1S/C24H32N6O4S/c1-30(2)16-7-9-20(34-3)19(13-16)29-23-21-17-12-15(24(31)25-10-5-11-35(4,32)33)6-8-18(17)28-22(21)26-14-27-23/h7,9,13-15H,5-6,8,10-12H2,1-4H3,(H,25,31)(H2,26,27,28,29)/t15-/m0/s1. The van der Waals surface area contributed by atoms with Gasteiger partial charge in [0.15, 0.2) is 0 Å². The van der Waals surface area contributed by atoms with Gasteiger partial charge in [-0.3, -0.25) is 4.79 Å². The smallest absolute Gasteiger partial charge is 0.223 e. The Morgan fingerprint density at radius 1 is 1.29 bits per heavy atom. The molecule has 0 aliphatic heterocycles. The number of H-pyrrole nitrogens is 1. The van der Waals surface area contributed by atoms with Crippen molar-refractivity contribution in [1.29, 1.82) is 0 Å². The molecule has 0 saturated carbocycles. The van der Waals surface area contributed by atoms with E-state index in [1.54, 1.807) is 7.11 Å². The number of hydrogen-bond donors (Lipinski definition) is 3. The second-order valence-corrected chi connectivity index (χ2v) is 11.4. The maximum atomic E-state index is 12.8. The van der Waals surface area contributed by atoms with Crippen LogP contribution in [0.25, 0.3) is 11.0 Å². The van der Waals surface area contributed by atoms with Gasteiger partial charge in [-0.25, -0.2) is 18.4 Å². The van der Waals surface area contributed by atoms with Crippen LogP contribution < -0.4 is 20.3 Å². The number of aromatic nitrogens is 3. The van der Waals surface area contributed by atoms with Crippen LogP contribution in [0.15, 0.2) is 24.5 Å². The van der Waals surface area contributed by atoms with Crippen LogP contribution in [0.1, 0.15) is 24.1 Å². The Morgan fingerprint density at radius 3 is 2.80 bits per heavy atom. The largest absolute Gasteiger partial charge is 0.495 e. The number of carbonyl (C=O) groups excluding carboxylic acids is 1. The average molecular weight is 501 g/mol. The molecule has 2 aromatic heterocycles. The van der Waals surface area contributed by atoms with Crippen molar-refractivity contribution in [1.82, 2.24) is 20.3 Å². The second-order valence-electron chi connectivity index (χ2n) is 9.15. The van der Waals surface area contributed by atoms with Crippen molar-refractivity contribution >= 4 is 44.0 Å². The van der Waals surface area contributed by atoms with Gasteiger partial charge in [-0.1, -0.05) is 0 Å². The van der Waals surface area contributed by atoms with Gasteiger partial charge in [0.1, 0.15) is 33.4 Å². The van der Waals surface area contributed by atoms with E-state index in [9.17, 15) is 13.2 Å². The normalized spacial score (nSPS) is 15.5. The van der Waals surface area contributed by atoms with E-state index in [2.05, 4.69) is 25.6 Å². The summed E-state index contributed by atoms with van der Waals surface area (Å²) in [5.41, 5.74) is 4.63. The SMILES string of the molecule is COc1ccc(N(C)C)cc1Nc1ncnc2[nH]c3c(c12)C[C@@H](C(=O)NCCCS(C)(=O)=O)CC3. The van der Waals surface area contributed by atoms with Gasteiger partial charge in [-0.05, 0) is 49.4 Å². The number of ether oxygens (including phenoxy) is 1. The van der Waals surface area contributed by atoms with Gasteiger partial charge >= 0.3 is 0 Å². The monoisotopic (exact) mass is 500 g/mol. The third-order valence-corrected chi connectivity index (χ3v) is 7.32. The molecule has 0 spiro atoms. The second kappa shape index (κ2) is 10.1. The van der Waals surface area contributed by atoms with E-state index < -0.39 is 9.84 Å². The van der Waals surface area contributed by atoms with Crippen molar-refractivity contribution in [2.24, 2.45) is 5.92 Å². The summed E-state index contributed by atoms with van der Waals surface area (Å²) < 4.78 is 28.2. The number of nitrogens with zero attached hydrogens (tertiary/aromatic N) is 3. The number of sulfone groups is 1. The average Bonchev–Trinajstić information content (AvgIpc) is 3.19. The number of fused-ring (bicyclic) bond motifs is 3. The molecule has 11 heteroatoms. The summed E-state index contributed by atoms with van der Waals surface area (Å²) in [7, 11) is 2.54. The Hall–Kier alpha value is -3.34. The van der Waals surface area contributed by atoms with Crippen LogP contribution in [0.3, 0.4) is 0 Å². The molecule has 0 fully saturated rings. The van der Waals surface area contributed by atoms with Crippen molar-refractivity contribution in [3.8, 4) is 5.75 Å². The number of nitrogens with one attached hydrogen (secondary N) is 3. The highest BCUT2D eigenvalue weighted by atomic mass is 32.2. The van der Waals surface area contributed by atoms with E-state index in [1.165, 1.54) is 12.6 Å². The van der Waals surface area contributed by atoms with Crippen LogP contribution in [0.2, 0.25) is 0 Å². The molecule has 35 heavy (non-hydrogen) atoms. The molecule has 1 aromatic carbocycles. The zero-order valence-electron chi connectivity index (χ0n) is 20.5. The molecule has 3 aromatic rings. The first kappa shape index (κ1) is 24.8. The Labute approximate surface area is 205 Å². The highest BCUT2D eigenvalue weighted by Crippen LogP contribution is 2.37. The number of hydrogen-bond acceptors (Lipinski definition) is 8. The molecule has 10 nitrogen and oxygen atoms in total. The summed E-state index contributed by atoms with van der Waals surface area (Å²) in [6.07, 6.45) is 5.13. The minimum atomic E-state index is -3.03. The van der Waals surface area contributed by atoms with Gasteiger partial charge in [-0.15, -0.1) is 0 Å². The fourth-order valence-electron chi connectivity index (χ4n) is 4.45. The number of aryl methyl sites for hydroxylation is 1. The molecule has 0 radical (unpaired) electrons. The molecule has 0 bridgehead atoms. The molecule has 1 amide bonds. The summed E-state index contributed by atoms with van der Waals surface area (Å²) in [5.74, 6) is 1.16. The number of amides is 1. The van der Waals surface area contributed by atoms with Gasteiger partial charge in [-0.2, -0.15) is 0 Å². The van der Waals surface area contributed by atoms with Gasteiger partial charge in [0.2, 0.25) is 5.91 Å². The Balaban J connectivity index is 1.57. The summed E-state index contributed by atoms with van der Waals surface area (Å²) in [5, 5.41) is 7.19. The van der Waals surface area contributed by atoms with Crippen LogP contribution in [0.5, 0.6) is 5.75 Å². The summed E-state index contributed by atoms with van der Waals surface area (Å²) in [4.78, 5) is 27.2. The Kier molecular flexibility index (Phi) is 7.15. The first-order valence-corrected chi connectivity index (χ1v) is 13.6. The maximum absolute atomic E-state index is 12.8. The molecular weight excluding hydrogens is 468 g/mol. The third kappa shape index (κ3) is 5.67. The fraction of sp³-hybridized carbons (Fsp3) is 0.458. The van der Waals surface area contributed by atoms with Crippen LogP contribution in [-0.2, 0) is 27.5 Å². The van der Waals surface area contributed by atoms with E-state index in [1.807, 2.05) is 37.2 Å². The summed E-state index contributed by atoms with van der Waals surface area (Å²) in [6.45, 7) is 0.348. The molecule has 1 atom stereocenters. The van der Waals surface area contributed by atoms with Crippen molar-refractivity contribution in [3.05, 3.63) is 35.8 Å². The molecule has 1 aliphatic rings. The van der Waals surface area contributed by atoms with Crippen LogP contribution in [0.4, 0.5) is 17.2 Å². The van der Waals surface area contributed by atoms with Crippen molar-refractivity contribution in [2.45, 2.75) is 25.7 Å². The molecule has 3 N–H and O–H groups in total. The lowest BCUT2D eigenvalue weighted by molar-refractivity contribution is -0.125. The number of carbonyl (C=O) groups is 1. The van der Waals surface area contributed by atoms with Gasteiger partial charge in [0.05, 0.1) is 23.9 Å². The zero-order valence-corrected chi connectivity index (χ0v) is 21.3. The van der Waals surface area contributed by atoms with Crippen molar-refractivity contribution < 1.29 is 17.9 Å². The number of benzene rings is 1. The lowest BCUT2D eigenvalue weighted by Gasteiger charge is -2.22. The predicted octanol–water partition coefficient (Wildman–Crippen LogP) is 2.43. The number of aromatic amines is 1. The zero-order chi connectivity index (χ0) is 25.2. The van der Waals surface area contributed by atoms with Crippen molar-refractivity contribution in [3.63, 3.8) is 0 Å². The summed E-state index contributed by atoms with van der Waals surface area (Å²) in [6, 6.07) is 5.89. The molecule has 2 heterocycles. The van der Waals surface area contributed by atoms with Gasteiger partial charge < -0.3 is 25.3 Å². The van der Waals surface area contributed by atoms with Crippen LogP contribution in [-0.4, -0.2) is 69.0 Å². The van der Waals surface area contributed by atoms with E-state index in [0.717, 1.165) is 40.1 Å². The van der Waals surface area contributed by atoms with Crippen LogP contribution in [0, 0.1) is 5.92 Å². The molecule has 0 saturated heterocycles. The summed E-state index contributed by atoms with van der Waals surface area (Å²) >= 11 is 0. The number of rotatable bonds is 9. The highest BCUT2D eigenvalue weighted by Gasteiger charge is 2.29. The third-order valence-electron chi connectivity index (χ3n) is 6.29. The highest BCUT2D eigenvalue weighted by molar-refractivity contribution is 7.90. The molecule has 188 valence electrons. The maximum Gasteiger partial charge on any atom is 0.223 e. The quantitative estimate of drug-likeness (QED) is 0.382. The van der Waals surface area contributed by atoms with E-state index >= 15 is 0 Å². The minimum absolute atomic E-state index is 0.0507. The Bertz CT molecular complexity index is 1340. The van der Waals surface area contributed by atoms with Gasteiger partial charge in [0, 0.05) is 44.2 Å². The lowest BCUT2D eigenvalue weighted by atomic mass is 9.86. The molecule has 4 rings (SSSR count). The van der Waals surface area contributed by atoms with Gasteiger partial charge in [0.25, 0.3) is 0 Å². The first-order chi connectivity index (χ1) is 16.7. The molecular formula is C24H32N6O4S. The topological polar surface area (TPSA) is 129 Å². The molecule has 1 aliphatic carbocycles. The number of anilines is 3. The lowest BCUT2D eigenvalue weighted by Crippen LogP contribution is -2.35. The Morgan fingerprint density at radius 2 is 2.09 bits per heavy atom. The minimum Gasteiger partial charge on any atom is -0.495 e. The number of methoxy groups -OCH3 is 1. The van der Waals surface area contributed by atoms with E-state index in [-0.39, 0.29) is 17.6 Å². The predicted molar refractivity (Wildman–Crippen MR) is 137 cm³/mol. The van der Waals surface area contributed by atoms with Crippen LogP contribution >= 0.6 is 0 Å². The fourth-order valence-corrected chi connectivity index (χ4v) is 5.12. The van der Waals surface area contributed by atoms with E-state index in [4.69, 9.17) is 4.74 Å². The van der Waals surface area contributed by atoms with E-state index in [0.29, 0.717) is 37.4 Å². The molecule has 0 unspecified atom stereocenters.